The Balaban J connectivity index is 1.29. The molecule has 0 saturated heterocycles. The molecular weight excluding hydrogens is 494 g/mol. The topological polar surface area (TPSA) is 108 Å². The number of carbonyl (C=O) groups excluding carboxylic acids is 2. The number of thioether (sulfide) groups is 1. The van der Waals surface area contributed by atoms with Gasteiger partial charge < -0.3 is 10.4 Å². The third-order valence-electron chi connectivity index (χ3n) is 6.08. The second kappa shape index (κ2) is 12.2. The summed E-state index contributed by atoms with van der Waals surface area (Å²) in [6.07, 6.45) is 6.56. The number of hydrogen-bond donors (Lipinski definition) is 3. The number of aromatic nitrogens is 1. The van der Waals surface area contributed by atoms with E-state index in [0.29, 0.717) is 16.4 Å². The lowest BCUT2D eigenvalue weighted by atomic mass is 9.94. The van der Waals surface area contributed by atoms with E-state index in [2.05, 4.69) is 15.6 Å². The summed E-state index contributed by atoms with van der Waals surface area (Å²) in [7, 11) is 0. The van der Waals surface area contributed by atoms with Crippen molar-refractivity contribution in [1.29, 1.82) is 0 Å². The zero-order valence-electron chi connectivity index (χ0n) is 20.1. The molecule has 0 aliphatic heterocycles. The normalized spacial score (nSPS) is 13.5. The molecule has 0 spiro atoms. The van der Waals surface area contributed by atoms with Gasteiger partial charge in [-0.05, 0) is 56.0 Å². The number of ketones is 1. The molecule has 3 N–H and O–H groups in total. The molecule has 1 aliphatic rings. The van der Waals surface area contributed by atoms with E-state index < -0.39 is 12.0 Å². The number of carboxylic acid groups (broad SMARTS) is 1. The third kappa shape index (κ3) is 7.18. The van der Waals surface area contributed by atoms with Crippen molar-refractivity contribution >= 4 is 51.7 Å². The van der Waals surface area contributed by atoms with E-state index in [4.69, 9.17) is 5.11 Å². The van der Waals surface area contributed by atoms with E-state index in [1.165, 1.54) is 11.3 Å². The first-order valence-corrected chi connectivity index (χ1v) is 13.8. The quantitative estimate of drug-likeness (QED) is 0.209. The summed E-state index contributed by atoms with van der Waals surface area (Å²) >= 11 is 3.10. The SMILES string of the molecule is Cc1ccc(NC(=O)Nc2ncc(CCSc3ccc(CC(=O)O)cc3)s2)c(C(=O)C2CCCC2)c1. The van der Waals surface area contributed by atoms with Crippen LogP contribution in [0.25, 0.3) is 0 Å². The van der Waals surface area contributed by atoms with Crippen molar-refractivity contribution in [3.05, 3.63) is 70.2 Å². The molecule has 0 bridgehead atoms. The molecule has 0 radical (unpaired) electrons. The van der Waals surface area contributed by atoms with E-state index in [0.717, 1.165) is 58.8 Å². The Morgan fingerprint density at radius 3 is 2.56 bits per heavy atom. The van der Waals surface area contributed by atoms with Gasteiger partial charge in [-0.1, -0.05) is 36.6 Å². The van der Waals surface area contributed by atoms with Crippen LogP contribution in [-0.2, 0) is 17.6 Å². The van der Waals surface area contributed by atoms with Gasteiger partial charge in [-0.2, -0.15) is 0 Å². The molecule has 7 nitrogen and oxygen atoms in total. The average Bonchev–Trinajstić information content (AvgIpc) is 3.53. The number of Topliss-reactive ketones (excluding diaryl/α,β-unsaturated/α-hetero) is 1. The van der Waals surface area contributed by atoms with Crippen molar-refractivity contribution in [1.82, 2.24) is 4.98 Å². The van der Waals surface area contributed by atoms with Gasteiger partial charge in [0.05, 0.1) is 12.1 Å². The van der Waals surface area contributed by atoms with Crippen LogP contribution < -0.4 is 10.6 Å². The summed E-state index contributed by atoms with van der Waals surface area (Å²) in [5.74, 6) is 0.146. The Kier molecular flexibility index (Phi) is 8.77. The minimum atomic E-state index is -0.837. The van der Waals surface area contributed by atoms with E-state index in [9.17, 15) is 14.4 Å². The highest BCUT2D eigenvalue weighted by Crippen LogP contribution is 2.31. The predicted octanol–water partition coefficient (Wildman–Crippen LogP) is 6.43. The smallest absolute Gasteiger partial charge is 0.325 e. The standard InChI is InChI=1S/C27H29N3O4S2/c1-17-6-11-23(22(14-17)25(33)19-4-2-3-5-19)29-26(34)30-27-28-16-21(36-27)12-13-35-20-9-7-18(8-10-20)15-24(31)32/h6-11,14,16,19H,2-5,12-13,15H2,1H3,(H,31,32)(H2,28,29,30,34). The van der Waals surface area contributed by atoms with Gasteiger partial charge in [-0.15, -0.1) is 23.1 Å². The molecule has 0 atom stereocenters. The van der Waals surface area contributed by atoms with Crippen molar-refractivity contribution in [2.45, 2.75) is 50.3 Å². The molecule has 1 saturated carbocycles. The first-order chi connectivity index (χ1) is 17.4. The number of aliphatic carboxylic acids is 1. The summed E-state index contributed by atoms with van der Waals surface area (Å²) in [5, 5.41) is 15.0. The van der Waals surface area contributed by atoms with Gasteiger partial charge >= 0.3 is 12.0 Å². The van der Waals surface area contributed by atoms with Crippen molar-refractivity contribution in [3.8, 4) is 0 Å². The van der Waals surface area contributed by atoms with Crippen LogP contribution >= 0.6 is 23.1 Å². The summed E-state index contributed by atoms with van der Waals surface area (Å²) in [4.78, 5) is 42.9. The number of nitrogens with zero attached hydrogens (tertiary/aromatic N) is 1. The maximum absolute atomic E-state index is 13.0. The summed E-state index contributed by atoms with van der Waals surface area (Å²) < 4.78 is 0. The maximum atomic E-state index is 13.0. The summed E-state index contributed by atoms with van der Waals surface area (Å²) in [6, 6.07) is 12.7. The largest absolute Gasteiger partial charge is 0.481 e. The number of anilines is 2. The van der Waals surface area contributed by atoms with E-state index in [-0.39, 0.29) is 18.1 Å². The zero-order valence-corrected chi connectivity index (χ0v) is 21.7. The number of hydrogen-bond acceptors (Lipinski definition) is 6. The molecule has 1 aliphatic carbocycles. The highest BCUT2D eigenvalue weighted by atomic mass is 32.2. The Morgan fingerprint density at radius 2 is 1.83 bits per heavy atom. The van der Waals surface area contributed by atoms with Gasteiger partial charge in [0.1, 0.15) is 0 Å². The number of nitrogens with one attached hydrogen (secondary N) is 2. The fourth-order valence-corrected chi connectivity index (χ4v) is 6.08. The van der Waals surface area contributed by atoms with Gasteiger partial charge in [-0.3, -0.25) is 14.9 Å². The highest BCUT2D eigenvalue weighted by molar-refractivity contribution is 7.99. The fraction of sp³-hybridized carbons (Fsp3) is 0.333. The second-order valence-corrected chi connectivity index (χ2v) is 11.2. The molecule has 1 heterocycles. The number of carboxylic acids is 1. The van der Waals surface area contributed by atoms with Crippen LogP contribution in [-0.4, -0.2) is 33.6 Å². The van der Waals surface area contributed by atoms with Gasteiger partial charge in [-0.25, -0.2) is 9.78 Å². The number of aryl methyl sites for hydroxylation is 2. The number of carbonyl (C=O) groups is 3. The third-order valence-corrected chi connectivity index (χ3v) is 8.07. The molecule has 2 amide bonds. The van der Waals surface area contributed by atoms with Crippen LogP contribution in [0.15, 0.2) is 53.6 Å². The van der Waals surface area contributed by atoms with Crippen LogP contribution in [0.2, 0.25) is 0 Å². The van der Waals surface area contributed by atoms with E-state index in [1.807, 2.05) is 43.3 Å². The summed E-state index contributed by atoms with van der Waals surface area (Å²) in [6.45, 7) is 1.94. The van der Waals surface area contributed by atoms with Crippen LogP contribution in [0.4, 0.5) is 15.6 Å². The van der Waals surface area contributed by atoms with Crippen LogP contribution in [0.1, 0.15) is 52.0 Å². The van der Waals surface area contributed by atoms with Crippen molar-refractivity contribution in [2.24, 2.45) is 5.92 Å². The van der Waals surface area contributed by atoms with E-state index in [1.54, 1.807) is 24.0 Å². The van der Waals surface area contributed by atoms with Gasteiger partial charge in [0.2, 0.25) is 0 Å². The molecule has 2 aromatic carbocycles. The predicted molar refractivity (Wildman–Crippen MR) is 144 cm³/mol. The molecule has 1 aromatic heterocycles. The van der Waals surface area contributed by atoms with Crippen LogP contribution in [0.5, 0.6) is 0 Å². The van der Waals surface area contributed by atoms with Crippen molar-refractivity contribution < 1.29 is 19.5 Å². The number of benzene rings is 2. The number of rotatable bonds is 10. The molecule has 36 heavy (non-hydrogen) atoms. The highest BCUT2D eigenvalue weighted by Gasteiger charge is 2.26. The Bertz CT molecular complexity index is 1230. The van der Waals surface area contributed by atoms with Crippen molar-refractivity contribution in [2.75, 3.05) is 16.4 Å². The monoisotopic (exact) mass is 523 g/mol. The lowest BCUT2D eigenvalue weighted by molar-refractivity contribution is -0.136. The number of thiazole rings is 1. The van der Waals surface area contributed by atoms with Crippen LogP contribution in [0, 0.1) is 12.8 Å². The van der Waals surface area contributed by atoms with E-state index >= 15 is 0 Å². The number of urea groups is 1. The summed E-state index contributed by atoms with van der Waals surface area (Å²) in [5.41, 5.74) is 2.87. The van der Waals surface area contributed by atoms with Gasteiger partial charge in [0, 0.05) is 33.2 Å². The second-order valence-electron chi connectivity index (χ2n) is 8.92. The first kappa shape index (κ1) is 25.9. The van der Waals surface area contributed by atoms with Gasteiger partial charge in [0.15, 0.2) is 10.9 Å². The minimum Gasteiger partial charge on any atom is -0.481 e. The lowest BCUT2D eigenvalue weighted by Crippen LogP contribution is -2.22. The number of amides is 2. The maximum Gasteiger partial charge on any atom is 0.325 e. The lowest BCUT2D eigenvalue weighted by Gasteiger charge is -2.14. The first-order valence-electron chi connectivity index (χ1n) is 12.0. The van der Waals surface area contributed by atoms with Gasteiger partial charge in [0.25, 0.3) is 0 Å². The molecule has 1 fully saturated rings. The molecule has 4 rings (SSSR count). The molecule has 0 unspecified atom stereocenters. The average molecular weight is 524 g/mol. The Hall–Kier alpha value is -3.17. The minimum absolute atomic E-state index is 0.0250. The molecule has 9 heteroatoms. The Morgan fingerprint density at radius 1 is 1.08 bits per heavy atom. The molecule has 188 valence electrons. The zero-order chi connectivity index (χ0) is 25.5. The Labute approximate surface area is 218 Å². The fourth-order valence-electron chi connectivity index (χ4n) is 4.26. The van der Waals surface area contributed by atoms with Crippen LogP contribution in [0.3, 0.4) is 0 Å². The van der Waals surface area contributed by atoms with Crippen molar-refractivity contribution in [3.63, 3.8) is 0 Å². The molecular formula is C27H29N3O4S2. The molecule has 3 aromatic rings.